The van der Waals surface area contributed by atoms with Crippen molar-refractivity contribution < 1.29 is 22.4 Å². The Morgan fingerprint density at radius 3 is 2.80 bits per heavy atom. The van der Waals surface area contributed by atoms with E-state index in [1.807, 2.05) is 0 Å². The summed E-state index contributed by atoms with van der Waals surface area (Å²) in [6, 6.07) is 0. The third-order valence-electron chi connectivity index (χ3n) is 3.05. The molecule has 0 atom stereocenters. The highest BCUT2D eigenvalue weighted by Gasteiger charge is 2.22. The number of amides is 1. The second-order valence-electron chi connectivity index (χ2n) is 4.82. The highest BCUT2D eigenvalue weighted by atomic mass is 32.1. The molecular formula is C13H10F4N6OS. The molecule has 2 N–H and O–H groups in total. The standard InChI is InChI=1S/C13H10F4N6OS/c14-9(15)4-23-3-7(10(22-23)11(16)17)20-12(24)8-5-25-13(21-8)6-1-18-19-2-6/h1-3,5,9,11H,4H2,(H,18,19)(H,20,24). The van der Waals surface area contributed by atoms with Crippen molar-refractivity contribution in [1.29, 1.82) is 0 Å². The molecule has 3 rings (SSSR count). The number of anilines is 1. The number of nitrogens with one attached hydrogen (secondary N) is 2. The van der Waals surface area contributed by atoms with E-state index >= 15 is 0 Å². The number of hydrogen-bond donors (Lipinski definition) is 2. The summed E-state index contributed by atoms with van der Waals surface area (Å²) >= 11 is 1.17. The molecule has 0 saturated heterocycles. The van der Waals surface area contributed by atoms with Gasteiger partial charge in [0.2, 0.25) is 0 Å². The van der Waals surface area contributed by atoms with E-state index in [9.17, 15) is 22.4 Å². The molecule has 12 heteroatoms. The summed E-state index contributed by atoms with van der Waals surface area (Å²) in [5, 5.41) is 13.9. The average Bonchev–Trinajstić information content (AvgIpc) is 3.26. The fourth-order valence-corrected chi connectivity index (χ4v) is 2.78. The number of hydrogen-bond acceptors (Lipinski definition) is 5. The maximum Gasteiger partial charge on any atom is 0.284 e. The predicted molar refractivity (Wildman–Crippen MR) is 80.8 cm³/mol. The van der Waals surface area contributed by atoms with Crippen LogP contribution in [-0.4, -0.2) is 37.3 Å². The van der Waals surface area contributed by atoms with Crippen LogP contribution in [0.4, 0.5) is 23.2 Å². The number of thiazole rings is 1. The van der Waals surface area contributed by atoms with Crippen LogP contribution in [0.1, 0.15) is 22.6 Å². The Bertz CT molecular complexity index is 860. The van der Waals surface area contributed by atoms with E-state index < -0.39 is 31.0 Å². The summed E-state index contributed by atoms with van der Waals surface area (Å²) in [6.45, 7) is -0.850. The minimum Gasteiger partial charge on any atom is -0.317 e. The van der Waals surface area contributed by atoms with Crippen molar-refractivity contribution >= 4 is 22.9 Å². The second kappa shape index (κ2) is 7.01. The lowest BCUT2D eigenvalue weighted by atomic mass is 10.3. The molecule has 25 heavy (non-hydrogen) atoms. The number of carbonyl (C=O) groups excluding carboxylic acids is 1. The van der Waals surface area contributed by atoms with Gasteiger partial charge in [-0.2, -0.15) is 10.2 Å². The lowest BCUT2D eigenvalue weighted by molar-refractivity contribution is 0.102. The fraction of sp³-hybridized carbons (Fsp3) is 0.231. The van der Waals surface area contributed by atoms with Gasteiger partial charge in [-0.3, -0.25) is 14.6 Å². The molecule has 0 aliphatic carbocycles. The van der Waals surface area contributed by atoms with Crippen molar-refractivity contribution in [3.63, 3.8) is 0 Å². The monoisotopic (exact) mass is 374 g/mol. The zero-order chi connectivity index (χ0) is 18.0. The highest BCUT2D eigenvalue weighted by Crippen LogP contribution is 2.27. The van der Waals surface area contributed by atoms with Gasteiger partial charge in [0.05, 0.1) is 11.9 Å². The molecule has 0 spiro atoms. The molecule has 3 aromatic rings. The molecule has 0 bridgehead atoms. The molecule has 0 fully saturated rings. The summed E-state index contributed by atoms with van der Waals surface area (Å²) in [7, 11) is 0. The van der Waals surface area contributed by atoms with Crippen LogP contribution in [0, 0.1) is 0 Å². The summed E-state index contributed by atoms with van der Waals surface area (Å²) in [5.41, 5.74) is -0.442. The molecule has 7 nitrogen and oxygen atoms in total. The molecule has 0 aliphatic rings. The van der Waals surface area contributed by atoms with Crippen LogP contribution in [0.5, 0.6) is 0 Å². The quantitative estimate of drug-likeness (QED) is 0.649. The Morgan fingerprint density at radius 1 is 1.36 bits per heavy atom. The van der Waals surface area contributed by atoms with E-state index in [2.05, 4.69) is 25.6 Å². The lowest BCUT2D eigenvalue weighted by Crippen LogP contribution is -2.13. The van der Waals surface area contributed by atoms with Gasteiger partial charge >= 0.3 is 0 Å². The maximum absolute atomic E-state index is 13.0. The van der Waals surface area contributed by atoms with Crippen LogP contribution >= 0.6 is 11.3 Å². The van der Waals surface area contributed by atoms with Crippen LogP contribution in [-0.2, 0) is 6.54 Å². The Morgan fingerprint density at radius 2 is 2.16 bits per heavy atom. The number of carbonyl (C=O) groups is 1. The topological polar surface area (TPSA) is 88.5 Å². The summed E-state index contributed by atoms with van der Waals surface area (Å²) in [6.07, 6.45) is -1.74. The van der Waals surface area contributed by atoms with E-state index in [1.165, 1.54) is 22.9 Å². The zero-order valence-corrected chi connectivity index (χ0v) is 13.1. The average molecular weight is 374 g/mol. The normalized spacial score (nSPS) is 11.4. The summed E-state index contributed by atoms with van der Waals surface area (Å²) in [5.74, 6) is -0.746. The Hall–Kier alpha value is -2.76. The Balaban J connectivity index is 1.79. The molecule has 3 heterocycles. The second-order valence-corrected chi connectivity index (χ2v) is 5.68. The third kappa shape index (κ3) is 3.84. The lowest BCUT2D eigenvalue weighted by Gasteiger charge is -2.02. The van der Waals surface area contributed by atoms with Gasteiger partial charge in [-0.25, -0.2) is 22.5 Å². The minimum absolute atomic E-state index is 0.00280. The van der Waals surface area contributed by atoms with Gasteiger partial charge in [0.15, 0.2) is 5.69 Å². The van der Waals surface area contributed by atoms with Crippen molar-refractivity contribution in [2.75, 3.05) is 5.32 Å². The number of aromatic nitrogens is 5. The first-order chi connectivity index (χ1) is 11.9. The van der Waals surface area contributed by atoms with Crippen LogP contribution in [0.15, 0.2) is 24.0 Å². The molecule has 132 valence electrons. The minimum atomic E-state index is -3.02. The number of halogens is 4. The van der Waals surface area contributed by atoms with E-state index in [1.54, 1.807) is 6.20 Å². The highest BCUT2D eigenvalue weighted by molar-refractivity contribution is 7.13. The van der Waals surface area contributed by atoms with Gasteiger partial charge in [0, 0.05) is 23.3 Å². The number of aromatic amines is 1. The van der Waals surface area contributed by atoms with Gasteiger partial charge < -0.3 is 5.32 Å². The van der Waals surface area contributed by atoms with Gasteiger partial charge in [-0.15, -0.1) is 11.3 Å². The summed E-state index contributed by atoms with van der Waals surface area (Å²) in [4.78, 5) is 16.3. The SMILES string of the molecule is O=C(Nc1cn(CC(F)F)nc1C(F)F)c1csc(-c2cn[nH]c2)n1. The van der Waals surface area contributed by atoms with Crippen LogP contribution in [0.3, 0.4) is 0 Å². The Kier molecular flexibility index (Phi) is 4.79. The van der Waals surface area contributed by atoms with Crippen molar-refractivity contribution in [3.8, 4) is 10.6 Å². The first kappa shape index (κ1) is 17.1. The van der Waals surface area contributed by atoms with Crippen LogP contribution in [0.25, 0.3) is 10.6 Å². The van der Waals surface area contributed by atoms with Gasteiger partial charge in [-0.05, 0) is 0 Å². The third-order valence-corrected chi connectivity index (χ3v) is 3.94. The predicted octanol–water partition coefficient (Wildman–Crippen LogP) is 3.18. The molecule has 0 aromatic carbocycles. The first-order valence-electron chi connectivity index (χ1n) is 6.83. The van der Waals surface area contributed by atoms with Crippen LogP contribution in [0.2, 0.25) is 0 Å². The van der Waals surface area contributed by atoms with E-state index in [4.69, 9.17) is 0 Å². The number of H-pyrrole nitrogens is 1. The first-order valence-corrected chi connectivity index (χ1v) is 7.71. The molecule has 0 saturated carbocycles. The van der Waals surface area contributed by atoms with Gasteiger partial charge in [-0.1, -0.05) is 0 Å². The molecule has 0 aliphatic heterocycles. The zero-order valence-electron chi connectivity index (χ0n) is 12.3. The van der Waals surface area contributed by atoms with Crippen molar-refractivity contribution in [1.82, 2.24) is 25.0 Å². The van der Waals surface area contributed by atoms with Crippen molar-refractivity contribution in [2.45, 2.75) is 19.4 Å². The van der Waals surface area contributed by atoms with Crippen LogP contribution < -0.4 is 5.32 Å². The number of alkyl halides is 4. The van der Waals surface area contributed by atoms with E-state index in [0.717, 1.165) is 6.20 Å². The van der Waals surface area contributed by atoms with E-state index in [-0.39, 0.29) is 11.4 Å². The molecule has 0 unspecified atom stereocenters. The summed E-state index contributed by atoms with van der Waals surface area (Å²) < 4.78 is 51.4. The number of nitrogens with zero attached hydrogens (tertiary/aromatic N) is 4. The fourth-order valence-electron chi connectivity index (χ4n) is 1.99. The van der Waals surface area contributed by atoms with Crippen molar-refractivity contribution in [2.24, 2.45) is 0 Å². The maximum atomic E-state index is 13.0. The molecule has 1 amide bonds. The Labute approximate surface area is 141 Å². The van der Waals surface area contributed by atoms with Gasteiger partial charge in [0.1, 0.15) is 17.2 Å². The molecule has 0 radical (unpaired) electrons. The van der Waals surface area contributed by atoms with Gasteiger partial charge in [0.25, 0.3) is 18.8 Å². The largest absolute Gasteiger partial charge is 0.317 e. The smallest absolute Gasteiger partial charge is 0.284 e. The van der Waals surface area contributed by atoms with Crippen molar-refractivity contribution in [3.05, 3.63) is 35.4 Å². The molecule has 3 aromatic heterocycles. The van der Waals surface area contributed by atoms with E-state index in [0.29, 0.717) is 15.3 Å². The molecular weight excluding hydrogens is 364 g/mol. The number of rotatable bonds is 6.